The third-order valence-electron chi connectivity index (χ3n) is 6.15. The van der Waals surface area contributed by atoms with Crippen molar-refractivity contribution in [3.63, 3.8) is 0 Å². The van der Waals surface area contributed by atoms with Crippen LogP contribution in [0.5, 0.6) is 0 Å². The van der Waals surface area contributed by atoms with Crippen LogP contribution in [-0.2, 0) is 14.2 Å². The predicted molar refractivity (Wildman–Crippen MR) is 134 cm³/mol. The monoisotopic (exact) mass is 485 g/mol. The molecule has 1 N–H and O–H groups in total. The molecule has 3 heterocycles. The minimum absolute atomic E-state index is 0.0455. The Morgan fingerprint density at radius 2 is 1.81 bits per heavy atom. The molecule has 0 bridgehead atoms. The van der Waals surface area contributed by atoms with Crippen LogP contribution in [-0.4, -0.2) is 46.3 Å². The number of benzene rings is 2. The van der Waals surface area contributed by atoms with Gasteiger partial charge in [0.15, 0.2) is 23.2 Å². The minimum Gasteiger partial charge on any atom is -0.501 e. The van der Waals surface area contributed by atoms with Crippen molar-refractivity contribution in [2.75, 3.05) is 26.1 Å². The van der Waals surface area contributed by atoms with Crippen LogP contribution in [0.25, 0.3) is 11.2 Å². The van der Waals surface area contributed by atoms with Crippen LogP contribution >= 0.6 is 0 Å². The second-order valence-electron chi connectivity index (χ2n) is 8.40. The quantitative estimate of drug-likeness (QED) is 0.284. The lowest BCUT2D eigenvalue weighted by Gasteiger charge is -2.19. The van der Waals surface area contributed by atoms with Crippen molar-refractivity contribution in [1.29, 1.82) is 0 Å². The van der Waals surface area contributed by atoms with Gasteiger partial charge < -0.3 is 19.5 Å². The smallest absolute Gasteiger partial charge is 0.376 e. The van der Waals surface area contributed by atoms with Crippen LogP contribution in [0, 0.1) is 0 Å². The van der Waals surface area contributed by atoms with Crippen LogP contribution < -0.4 is 5.32 Å². The largest absolute Gasteiger partial charge is 0.501 e. The molecule has 0 aliphatic carbocycles. The van der Waals surface area contributed by atoms with Gasteiger partial charge in [0.25, 0.3) is 0 Å². The Morgan fingerprint density at radius 3 is 2.44 bits per heavy atom. The maximum atomic E-state index is 12.4. The first-order chi connectivity index (χ1) is 17.7. The molecule has 184 valence electrons. The molecule has 0 amide bonds. The van der Waals surface area contributed by atoms with Gasteiger partial charge in [-0.25, -0.2) is 19.7 Å². The Morgan fingerprint density at radius 1 is 1.11 bits per heavy atom. The number of esters is 1. The number of hydrogen-bond donors (Lipinski definition) is 1. The number of rotatable bonds is 8. The summed E-state index contributed by atoms with van der Waals surface area (Å²) in [4.78, 5) is 25.9. The molecule has 9 heteroatoms. The summed E-state index contributed by atoms with van der Waals surface area (Å²) in [6, 6.07) is 20.5. The lowest BCUT2D eigenvalue weighted by molar-refractivity contribution is 0.0586. The molecule has 4 aromatic rings. The third-order valence-corrected chi connectivity index (χ3v) is 6.15. The van der Waals surface area contributed by atoms with Crippen molar-refractivity contribution in [3.05, 3.63) is 96.0 Å². The molecule has 5 rings (SSSR count). The van der Waals surface area contributed by atoms with E-state index >= 15 is 0 Å². The zero-order chi connectivity index (χ0) is 24.9. The van der Waals surface area contributed by atoms with Gasteiger partial charge >= 0.3 is 5.97 Å². The van der Waals surface area contributed by atoms with Crippen molar-refractivity contribution in [1.82, 2.24) is 19.5 Å². The number of methoxy groups -OCH3 is 2. The van der Waals surface area contributed by atoms with E-state index in [9.17, 15) is 4.79 Å². The van der Waals surface area contributed by atoms with Gasteiger partial charge in [0.2, 0.25) is 5.82 Å². The Balaban J connectivity index is 1.50. The average Bonchev–Trinajstić information content (AvgIpc) is 3.56. The van der Waals surface area contributed by atoms with Gasteiger partial charge in [0.1, 0.15) is 18.3 Å². The molecule has 0 radical (unpaired) electrons. The van der Waals surface area contributed by atoms with Crippen molar-refractivity contribution in [3.8, 4) is 0 Å². The molecule has 1 saturated heterocycles. The molecule has 0 spiro atoms. The molecule has 1 atom stereocenters. The lowest BCUT2D eigenvalue weighted by Crippen LogP contribution is -2.17. The topological polar surface area (TPSA) is 100 Å². The Bertz CT molecular complexity index is 1330. The molecule has 0 unspecified atom stereocenters. The second kappa shape index (κ2) is 10.5. The Hall–Kier alpha value is -4.40. The molecule has 2 aromatic carbocycles. The highest BCUT2D eigenvalue weighted by molar-refractivity contribution is 5.91. The first-order valence-electron chi connectivity index (χ1n) is 11.7. The Kier molecular flexibility index (Phi) is 6.79. The van der Waals surface area contributed by atoms with Gasteiger partial charge in [0, 0.05) is 25.3 Å². The summed E-state index contributed by atoms with van der Waals surface area (Å²) in [6.07, 6.45) is 4.40. The zero-order valence-corrected chi connectivity index (χ0v) is 20.1. The minimum atomic E-state index is -0.623. The van der Waals surface area contributed by atoms with Gasteiger partial charge in [0.05, 0.1) is 14.2 Å². The molecule has 0 saturated carbocycles. The SMILES string of the molecule is COC=C1CC[C@H](n2cnc3c(NCC(c4ccccc4)c4ccccc4)nc(C(=O)OC)nc32)O1. The van der Waals surface area contributed by atoms with E-state index in [0.29, 0.717) is 23.5 Å². The lowest BCUT2D eigenvalue weighted by atomic mass is 9.91. The zero-order valence-electron chi connectivity index (χ0n) is 20.1. The summed E-state index contributed by atoms with van der Waals surface area (Å²) in [7, 11) is 2.89. The summed E-state index contributed by atoms with van der Waals surface area (Å²) >= 11 is 0. The molecular weight excluding hydrogens is 458 g/mol. The van der Waals surface area contributed by atoms with Crippen molar-refractivity contribution in [2.45, 2.75) is 25.0 Å². The fourth-order valence-electron chi connectivity index (χ4n) is 4.40. The number of allylic oxidation sites excluding steroid dienone is 1. The van der Waals surface area contributed by atoms with E-state index < -0.39 is 5.97 Å². The number of hydrogen-bond acceptors (Lipinski definition) is 8. The maximum absolute atomic E-state index is 12.4. The molecule has 2 aromatic heterocycles. The highest BCUT2D eigenvalue weighted by Gasteiger charge is 2.27. The van der Waals surface area contributed by atoms with Gasteiger partial charge in [-0.05, 0) is 11.1 Å². The van der Waals surface area contributed by atoms with Crippen LogP contribution in [0.1, 0.15) is 46.7 Å². The Labute approximate surface area is 208 Å². The van der Waals surface area contributed by atoms with Crippen molar-refractivity contribution < 1.29 is 19.0 Å². The van der Waals surface area contributed by atoms with E-state index in [2.05, 4.69) is 44.5 Å². The van der Waals surface area contributed by atoms with Gasteiger partial charge in [-0.3, -0.25) is 4.57 Å². The first-order valence-corrected chi connectivity index (χ1v) is 11.7. The predicted octanol–water partition coefficient (Wildman–Crippen LogP) is 4.65. The number of nitrogens with one attached hydrogen (secondary N) is 1. The summed E-state index contributed by atoms with van der Waals surface area (Å²) in [5.74, 6) is 0.597. The van der Waals surface area contributed by atoms with E-state index in [1.54, 1.807) is 19.7 Å². The molecule has 9 nitrogen and oxygen atoms in total. The van der Waals surface area contributed by atoms with E-state index in [1.165, 1.54) is 7.11 Å². The number of fused-ring (bicyclic) bond motifs is 1. The number of ether oxygens (including phenoxy) is 3. The van der Waals surface area contributed by atoms with Gasteiger partial charge in [-0.1, -0.05) is 60.7 Å². The highest BCUT2D eigenvalue weighted by Crippen LogP contribution is 2.34. The van der Waals surface area contributed by atoms with Crippen molar-refractivity contribution in [2.24, 2.45) is 0 Å². The fourth-order valence-corrected chi connectivity index (χ4v) is 4.40. The number of aromatic nitrogens is 4. The first kappa shape index (κ1) is 23.3. The van der Waals surface area contributed by atoms with Crippen molar-refractivity contribution >= 4 is 23.0 Å². The number of carbonyl (C=O) groups excluding carboxylic acids is 1. The normalized spacial score (nSPS) is 16.3. The summed E-state index contributed by atoms with van der Waals surface area (Å²) in [5, 5.41) is 3.43. The van der Waals surface area contributed by atoms with Crippen LogP contribution in [0.3, 0.4) is 0 Å². The van der Waals surface area contributed by atoms with E-state index in [4.69, 9.17) is 14.2 Å². The molecular formula is C27H27N5O4. The average molecular weight is 486 g/mol. The molecule has 1 aliphatic rings. The van der Waals surface area contributed by atoms with Gasteiger partial charge in [-0.2, -0.15) is 0 Å². The number of imidazole rings is 1. The summed E-state index contributed by atoms with van der Waals surface area (Å²) in [6.45, 7) is 0.536. The van der Waals surface area contributed by atoms with Crippen LogP contribution in [0.4, 0.5) is 5.82 Å². The van der Waals surface area contributed by atoms with Crippen LogP contribution in [0.2, 0.25) is 0 Å². The standard InChI is InChI=1S/C27H27N5O4/c1-34-16-20-13-14-22(36-20)32-17-29-23-24(30-25(27(33)35-2)31-26(23)32)28-15-21(18-9-5-3-6-10-18)19-11-7-4-8-12-19/h3-12,16-17,21-22H,13-15H2,1-2H3,(H,28,30,31)/t22-/m1/s1. The van der Waals surface area contributed by atoms with E-state index in [1.807, 2.05) is 41.0 Å². The fraction of sp³-hybridized carbons (Fsp3) is 0.259. The molecule has 1 aliphatic heterocycles. The number of anilines is 1. The van der Waals surface area contributed by atoms with Gasteiger partial charge in [-0.15, -0.1) is 0 Å². The third kappa shape index (κ3) is 4.72. The molecule has 1 fully saturated rings. The summed E-state index contributed by atoms with van der Waals surface area (Å²) < 4.78 is 17.8. The maximum Gasteiger partial charge on any atom is 0.376 e. The highest BCUT2D eigenvalue weighted by atomic mass is 16.5. The van der Waals surface area contributed by atoms with E-state index in [0.717, 1.165) is 29.7 Å². The summed E-state index contributed by atoms with van der Waals surface area (Å²) in [5.41, 5.74) is 3.37. The molecule has 36 heavy (non-hydrogen) atoms. The van der Waals surface area contributed by atoms with Crippen LogP contribution in [0.15, 0.2) is 79.0 Å². The number of nitrogens with zero attached hydrogens (tertiary/aromatic N) is 4. The number of carbonyl (C=O) groups is 1. The van der Waals surface area contributed by atoms with E-state index in [-0.39, 0.29) is 18.0 Å². The second-order valence-corrected chi connectivity index (χ2v) is 8.40.